The zero-order valence-corrected chi connectivity index (χ0v) is 24.0. The smallest absolute Gasteiger partial charge is 0.333 e. The maximum atomic E-state index is 13.5. The summed E-state index contributed by atoms with van der Waals surface area (Å²) in [5.74, 6) is -1.92. The highest BCUT2D eigenvalue weighted by atomic mass is 35.5. The Labute approximate surface area is 230 Å². The zero-order chi connectivity index (χ0) is 28.0. The lowest BCUT2D eigenvalue weighted by Crippen LogP contribution is -2.72. The molecule has 2 N–H and O–H groups in total. The van der Waals surface area contributed by atoms with Crippen LogP contribution in [0.25, 0.3) is 0 Å². The summed E-state index contributed by atoms with van der Waals surface area (Å²) in [6.07, 6.45) is 4.02. The van der Waals surface area contributed by atoms with E-state index in [1.54, 1.807) is 19.1 Å². The summed E-state index contributed by atoms with van der Waals surface area (Å²) in [5.41, 5.74) is -1.60. The maximum Gasteiger partial charge on any atom is 0.333 e. The first-order valence-electron chi connectivity index (χ1n) is 14.0. The number of hydrogen-bond acceptors (Lipinski definition) is 7. The third-order valence-electron chi connectivity index (χ3n) is 11.8. The molecule has 0 bridgehead atoms. The Morgan fingerprint density at radius 1 is 1.21 bits per heavy atom. The molecule has 4 aliphatic carbocycles. The molecule has 7 nitrogen and oxygen atoms in total. The van der Waals surface area contributed by atoms with Gasteiger partial charge in [-0.05, 0) is 75.7 Å². The number of carbonyl (C=O) groups excluding carboxylic acids is 3. The summed E-state index contributed by atoms with van der Waals surface area (Å²) in [5, 5.41) is 24.3. The van der Waals surface area contributed by atoms with Crippen LogP contribution in [0.4, 0.5) is 0 Å². The van der Waals surface area contributed by atoms with Gasteiger partial charge in [-0.1, -0.05) is 32.4 Å². The Bertz CT molecular complexity index is 1130. The second kappa shape index (κ2) is 8.90. The number of ketones is 1. The minimum Gasteiger partial charge on any atom is -0.459 e. The molecule has 8 heteroatoms. The summed E-state index contributed by atoms with van der Waals surface area (Å²) >= 11 is 7.10. The van der Waals surface area contributed by atoms with E-state index >= 15 is 0 Å². The quantitative estimate of drug-likeness (QED) is 0.400. The predicted molar refractivity (Wildman–Crippen MR) is 141 cm³/mol. The van der Waals surface area contributed by atoms with Crippen LogP contribution in [0.3, 0.4) is 0 Å². The van der Waals surface area contributed by atoms with Gasteiger partial charge in [-0.25, -0.2) is 4.79 Å². The molecule has 3 saturated carbocycles. The van der Waals surface area contributed by atoms with E-state index in [4.69, 9.17) is 21.1 Å². The van der Waals surface area contributed by atoms with Crippen molar-refractivity contribution in [1.29, 1.82) is 0 Å². The van der Waals surface area contributed by atoms with Gasteiger partial charge < -0.3 is 19.7 Å². The molecule has 0 aromatic carbocycles. The number of cyclic esters (lactones) is 1. The average molecular weight is 549 g/mol. The van der Waals surface area contributed by atoms with Crippen LogP contribution < -0.4 is 0 Å². The Morgan fingerprint density at radius 2 is 1.89 bits per heavy atom. The SMILES string of the molecule is CC(=O)OC1CC(C(C)C2CC(C)=C(C)C(=O)O2)C2(C)CCC3C(CC(O)C4(Cl)CC=CC(=O)C34C)C12O. The van der Waals surface area contributed by atoms with Crippen LogP contribution in [0.15, 0.2) is 23.3 Å². The molecule has 0 aromatic rings. The van der Waals surface area contributed by atoms with E-state index in [0.717, 1.165) is 5.57 Å². The predicted octanol–water partition coefficient (Wildman–Crippen LogP) is 4.27. The normalized spacial score (nSPS) is 49.1. The molecule has 5 rings (SSSR count). The van der Waals surface area contributed by atoms with Crippen LogP contribution in [0.2, 0.25) is 0 Å². The Hall–Kier alpha value is -1.70. The van der Waals surface area contributed by atoms with Crippen LogP contribution in [0.1, 0.15) is 80.1 Å². The van der Waals surface area contributed by atoms with Crippen LogP contribution in [0, 0.1) is 34.5 Å². The van der Waals surface area contributed by atoms with Gasteiger partial charge in [0.25, 0.3) is 0 Å². The number of carbonyl (C=O) groups is 3. The second-order valence-corrected chi connectivity index (χ2v) is 13.8. The van der Waals surface area contributed by atoms with Gasteiger partial charge in [0.15, 0.2) is 5.78 Å². The Morgan fingerprint density at radius 3 is 2.53 bits per heavy atom. The molecule has 38 heavy (non-hydrogen) atoms. The molecule has 5 aliphatic rings. The van der Waals surface area contributed by atoms with Gasteiger partial charge in [0, 0.05) is 24.3 Å². The molecule has 3 fully saturated rings. The first kappa shape index (κ1) is 27.9. The number of allylic oxidation sites excluding steroid dienone is 2. The first-order chi connectivity index (χ1) is 17.6. The molecule has 1 heterocycles. The number of halogens is 1. The van der Waals surface area contributed by atoms with Gasteiger partial charge in [0.2, 0.25) is 0 Å². The molecule has 0 aromatic heterocycles. The van der Waals surface area contributed by atoms with E-state index in [0.29, 0.717) is 37.7 Å². The number of fused-ring (bicyclic) bond motifs is 5. The molecule has 11 atom stereocenters. The number of aliphatic hydroxyl groups is 2. The fraction of sp³-hybridized carbons (Fsp3) is 0.767. The third-order valence-corrected chi connectivity index (χ3v) is 12.6. The fourth-order valence-corrected chi connectivity index (χ4v) is 9.70. The van der Waals surface area contributed by atoms with Gasteiger partial charge in [-0.3, -0.25) is 9.59 Å². The molecule has 0 spiro atoms. The summed E-state index contributed by atoms with van der Waals surface area (Å²) in [6.45, 7) is 11.0. The van der Waals surface area contributed by atoms with Crippen LogP contribution in [-0.4, -0.2) is 56.7 Å². The van der Waals surface area contributed by atoms with Crippen molar-refractivity contribution in [3.63, 3.8) is 0 Å². The molecule has 11 unspecified atom stereocenters. The molecular weight excluding hydrogens is 508 g/mol. The Kier molecular flexibility index (Phi) is 6.53. The maximum absolute atomic E-state index is 13.5. The molecule has 0 saturated heterocycles. The molecule has 0 amide bonds. The van der Waals surface area contributed by atoms with E-state index in [1.165, 1.54) is 6.92 Å². The topological polar surface area (TPSA) is 110 Å². The average Bonchev–Trinajstić information content (AvgIpc) is 3.07. The van der Waals surface area contributed by atoms with E-state index in [-0.39, 0.29) is 42.0 Å². The van der Waals surface area contributed by atoms with Crippen LogP contribution >= 0.6 is 11.6 Å². The number of esters is 2. The molecular formula is C30H41ClO7. The van der Waals surface area contributed by atoms with Crippen molar-refractivity contribution in [2.24, 2.45) is 34.5 Å². The summed E-state index contributed by atoms with van der Waals surface area (Å²) in [7, 11) is 0. The number of rotatable bonds is 3. The summed E-state index contributed by atoms with van der Waals surface area (Å²) in [6, 6.07) is 0. The van der Waals surface area contributed by atoms with Gasteiger partial charge in [0.1, 0.15) is 17.8 Å². The fourth-order valence-electron chi connectivity index (χ4n) is 9.29. The van der Waals surface area contributed by atoms with Crippen molar-refractivity contribution in [3.05, 3.63) is 23.3 Å². The van der Waals surface area contributed by atoms with Gasteiger partial charge >= 0.3 is 11.9 Å². The molecule has 1 aliphatic heterocycles. The van der Waals surface area contributed by atoms with Crippen LogP contribution in [-0.2, 0) is 23.9 Å². The summed E-state index contributed by atoms with van der Waals surface area (Å²) < 4.78 is 11.7. The van der Waals surface area contributed by atoms with Gasteiger partial charge in [0.05, 0.1) is 16.4 Å². The number of alkyl halides is 1. The van der Waals surface area contributed by atoms with E-state index in [9.17, 15) is 24.6 Å². The highest BCUT2D eigenvalue weighted by Crippen LogP contribution is 2.71. The lowest BCUT2D eigenvalue weighted by Gasteiger charge is -2.65. The second-order valence-electron chi connectivity index (χ2n) is 13.1. The van der Waals surface area contributed by atoms with Crippen molar-refractivity contribution in [1.82, 2.24) is 0 Å². The van der Waals surface area contributed by atoms with Crippen molar-refractivity contribution < 1.29 is 34.1 Å². The van der Waals surface area contributed by atoms with E-state index < -0.39 is 45.4 Å². The highest BCUT2D eigenvalue weighted by Gasteiger charge is 2.76. The zero-order valence-electron chi connectivity index (χ0n) is 23.3. The molecule has 0 radical (unpaired) electrons. The third kappa shape index (κ3) is 3.43. The minimum atomic E-state index is -1.48. The number of aliphatic hydroxyl groups excluding tert-OH is 1. The summed E-state index contributed by atoms with van der Waals surface area (Å²) in [4.78, 5) is 37.2. The lowest BCUT2D eigenvalue weighted by atomic mass is 9.42. The lowest BCUT2D eigenvalue weighted by molar-refractivity contribution is -0.245. The van der Waals surface area contributed by atoms with Crippen molar-refractivity contribution in [2.45, 2.75) is 109 Å². The monoisotopic (exact) mass is 548 g/mol. The van der Waals surface area contributed by atoms with Gasteiger partial charge in [-0.15, -0.1) is 11.6 Å². The van der Waals surface area contributed by atoms with Crippen molar-refractivity contribution in [3.8, 4) is 0 Å². The Balaban J connectivity index is 1.57. The van der Waals surface area contributed by atoms with Gasteiger partial charge in [-0.2, -0.15) is 0 Å². The first-order valence-corrected chi connectivity index (χ1v) is 14.4. The highest BCUT2D eigenvalue weighted by molar-refractivity contribution is 6.28. The van der Waals surface area contributed by atoms with E-state index in [2.05, 4.69) is 6.92 Å². The minimum absolute atomic E-state index is 0.105. The number of ether oxygens (including phenoxy) is 2. The molecule has 210 valence electrons. The number of hydrogen-bond donors (Lipinski definition) is 2. The van der Waals surface area contributed by atoms with Crippen molar-refractivity contribution >= 4 is 29.3 Å². The van der Waals surface area contributed by atoms with Crippen molar-refractivity contribution in [2.75, 3.05) is 0 Å². The standard InChI is InChI=1S/C30H41ClO7/c1-15-12-22(38-26(35)16(15)2)17(3)20-14-25(37-18(4)32)30(36)21-13-24(34)29(31)10-7-8-23(33)28(29,6)19(21)9-11-27(20,30)5/h7-8,17,19-22,24-25,34,36H,9-14H2,1-6H3. The van der Waals surface area contributed by atoms with Crippen LogP contribution in [0.5, 0.6) is 0 Å². The largest absolute Gasteiger partial charge is 0.459 e. The van der Waals surface area contributed by atoms with E-state index in [1.807, 2.05) is 20.8 Å².